The average Bonchev–Trinajstić information content (AvgIpc) is 2.28. The van der Waals surface area contributed by atoms with Gasteiger partial charge in [-0.3, -0.25) is 4.79 Å². The van der Waals surface area contributed by atoms with E-state index < -0.39 is 5.97 Å². The monoisotopic (exact) mass is 231 g/mol. The van der Waals surface area contributed by atoms with Crippen LogP contribution in [0.25, 0.3) is 0 Å². The van der Waals surface area contributed by atoms with E-state index in [0.717, 1.165) is 0 Å². The third kappa shape index (κ3) is 3.65. The van der Waals surface area contributed by atoms with Gasteiger partial charge in [0.15, 0.2) is 5.78 Å². The van der Waals surface area contributed by atoms with Crippen LogP contribution in [0, 0.1) is 11.8 Å². The van der Waals surface area contributed by atoms with Gasteiger partial charge in [0, 0.05) is 22.7 Å². The van der Waals surface area contributed by atoms with Crippen molar-refractivity contribution in [1.29, 1.82) is 0 Å². The molecular weight excluding hydrogens is 218 g/mol. The van der Waals surface area contributed by atoms with Crippen LogP contribution in [0.15, 0.2) is 18.2 Å². The summed E-state index contributed by atoms with van der Waals surface area (Å²) in [6, 6.07) is 4.80. The van der Waals surface area contributed by atoms with Gasteiger partial charge in [0.05, 0.1) is 6.61 Å². The highest BCUT2D eigenvalue weighted by Gasteiger charge is 2.04. The number of Topliss-reactive ketones (excluding diaryl/α,β-unsaturated/α-hetero) is 1. The fourth-order valence-corrected chi connectivity index (χ4v) is 1.23. The highest BCUT2D eigenvalue weighted by molar-refractivity contribution is 5.99. The lowest BCUT2D eigenvalue weighted by Gasteiger charge is -2.01. The molecule has 2 N–H and O–H groups in total. The van der Waals surface area contributed by atoms with Gasteiger partial charge in [-0.1, -0.05) is 5.92 Å². The largest absolute Gasteiger partial charge is 0.456 e. The smallest absolute Gasteiger partial charge is 0.384 e. The zero-order valence-corrected chi connectivity index (χ0v) is 9.74. The van der Waals surface area contributed by atoms with Crippen molar-refractivity contribution >= 4 is 17.4 Å². The number of ketones is 1. The molecule has 0 aliphatic carbocycles. The van der Waals surface area contributed by atoms with Gasteiger partial charge < -0.3 is 10.5 Å². The zero-order chi connectivity index (χ0) is 12.8. The van der Waals surface area contributed by atoms with E-state index in [-0.39, 0.29) is 12.4 Å². The number of nitrogens with two attached hydrogens (primary N) is 1. The lowest BCUT2D eigenvalue weighted by atomic mass is 10.1. The second kappa shape index (κ2) is 5.71. The number of hydrogen-bond acceptors (Lipinski definition) is 4. The summed E-state index contributed by atoms with van der Waals surface area (Å²) in [5.41, 5.74) is 6.99. The van der Waals surface area contributed by atoms with Crippen molar-refractivity contribution in [3.63, 3.8) is 0 Å². The molecule has 0 aromatic heterocycles. The van der Waals surface area contributed by atoms with E-state index in [4.69, 9.17) is 5.73 Å². The Morgan fingerprint density at radius 3 is 2.71 bits per heavy atom. The van der Waals surface area contributed by atoms with Gasteiger partial charge in [-0.15, -0.1) is 0 Å². The summed E-state index contributed by atoms with van der Waals surface area (Å²) in [5.74, 6) is 4.22. The van der Waals surface area contributed by atoms with Crippen molar-refractivity contribution in [2.45, 2.75) is 13.8 Å². The number of ether oxygens (including phenoxy) is 1. The average molecular weight is 231 g/mol. The Morgan fingerprint density at radius 2 is 2.12 bits per heavy atom. The maximum absolute atomic E-state index is 11.2. The van der Waals surface area contributed by atoms with Crippen molar-refractivity contribution < 1.29 is 14.3 Å². The van der Waals surface area contributed by atoms with Gasteiger partial charge in [0.25, 0.3) is 0 Å². The molecule has 1 rings (SSSR count). The number of carbonyl (C=O) groups excluding carboxylic acids is 2. The van der Waals surface area contributed by atoms with E-state index >= 15 is 0 Å². The Kier molecular flexibility index (Phi) is 4.29. The summed E-state index contributed by atoms with van der Waals surface area (Å²) in [5, 5.41) is 0. The van der Waals surface area contributed by atoms with Crippen molar-refractivity contribution in [1.82, 2.24) is 0 Å². The number of anilines is 1. The van der Waals surface area contributed by atoms with Gasteiger partial charge in [0.1, 0.15) is 0 Å². The normalized spacial score (nSPS) is 9.06. The van der Waals surface area contributed by atoms with Crippen LogP contribution in [0.4, 0.5) is 5.69 Å². The third-order valence-electron chi connectivity index (χ3n) is 2.02. The number of carbonyl (C=O) groups is 2. The number of nitrogen functional groups attached to an aromatic ring is 1. The van der Waals surface area contributed by atoms with E-state index in [1.165, 1.54) is 6.92 Å². The first kappa shape index (κ1) is 12.8. The Hall–Kier alpha value is -2.28. The highest BCUT2D eigenvalue weighted by atomic mass is 16.5. The number of hydrogen-bond donors (Lipinski definition) is 1. The van der Waals surface area contributed by atoms with Crippen molar-refractivity contribution in [3.05, 3.63) is 29.3 Å². The number of rotatable bonds is 2. The molecule has 1 aromatic rings. The van der Waals surface area contributed by atoms with Crippen LogP contribution in [0.3, 0.4) is 0 Å². The minimum atomic E-state index is -0.589. The first-order valence-corrected chi connectivity index (χ1v) is 5.13. The number of benzene rings is 1. The summed E-state index contributed by atoms with van der Waals surface area (Å²) in [4.78, 5) is 22.3. The predicted molar refractivity (Wildman–Crippen MR) is 64.4 cm³/mol. The van der Waals surface area contributed by atoms with Crippen molar-refractivity contribution in [3.8, 4) is 11.8 Å². The Balaban J connectivity index is 2.97. The molecule has 0 aliphatic heterocycles. The molecule has 88 valence electrons. The van der Waals surface area contributed by atoms with Crippen LogP contribution in [-0.4, -0.2) is 18.4 Å². The summed E-state index contributed by atoms with van der Waals surface area (Å²) in [6.07, 6.45) is 0. The van der Waals surface area contributed by atoms with Gasteiger partial charge >= 0.3 is 5.97 Å². The maximum Gasteiger partial charge on any atom is 0.384 e. The van der Waals surface area contributed by atoms with Gasteiger partial charge in [0.2, 0.25) is 0 Å². The summed E-state index contributed by atoms with van der Waals surface area (Å²) >= 11 is 0. The zero-order valence-electron chi connectivity index (χ0n) is 9.74. The first-order valence-electron chi connectivity index (χ1n) is 5.13. The van der Waals surface area contributed by atoms with E-state index in [1.807, 2.05) is 0 Å². The molecule has 0 atom stereocenters. The van der Waals surface area contributed by atoms with Crippen LogP contribution < -0.4 is 5.73 Å². The number of esters is 1. The lowest BCUT2D eigenvalue weighted by molar-refractivity contribution is -0.136. The van der Waals surface area contributed by atoms with Gasteiger partial charge in [-0.25, -0.2) is 4.79 Å². The fraction of sp³-hybridized carbons (Fsp3) is 0.231. The maximum atomic E-state index is 11.2. The van der Waals surface area contributed by atoms with E-state index in [2.05, 4.69) is 16.6 Å². The Morgan fingerprint density at radius 1 is 1.41 bits per heavy atom. The molecule has 0 heterocycles. The molecule has 4 nitrogen and oxygen atoms in total. The molecule has 0 unspecified atom stereocenters. The molecule has 4 heteroatoms. The minimum Gasteiger partial charge on any atom is -0.456 e. The first-order chi connectivity index (χ1) is 8.04. The molecule has 0 saturated heterocycles. The minimum absolute atomic E-state index is 0.137. The van der Waals surface area contributed by atoms with Crippen LogP contribution in [0.1, 0.15) is 29.8 Å². The third-order valence-corrected chi connectivity index (χ3v) is 2.02. The molecule has 0 fully saturated rings. The summed E-state index contributed by atoms with van der Waals surface area (Å²) < 4.78 is 4.66. The van der Waals surface area contributed by atoms with E-state index in [0.29, 0.717) is 16.8 Å². The Labute approximate surface area is 99.8 Å². The van der Waals surface area contributed by atoms with E-state index in [9.17, 15) is 9.59 Å². The lowest BCUT2D eigenvalue weighted by Crippen LogP contribution is -2.01. The molecule has 1 aromatic carbocycles. The Bertz CT molecular complexity index is 509. The van der Waals surface area contributed by atoms with Gasteiger partial charge in [-0.2, -0.15) is 0 Å². The molecule has 0 aliphatic rings. The van der Waals surface area contributed by atoms with Crippen LogP contribution in [-0.2, 0) is 9.53 Å². The second-order valence-electron chi connectivity index (χ2n) is 3.33. The SMILES string of the molecule is CCOC(=O)C#Cc1ccc(N)c(C(C)=O)c1. The summed E-state index contributed by atoms with van der Waals surface area (Å²) in [7, 11) is 0. The van der Waals surface area contributed by atoms with Crippen LogP contribution in [0.5, 0.6) is 0 Å². The topological polar surface area (TPSA) is 69.4 Å². The standard InChI is InChI=1S/C13H13NO3/c1-3-17-13(16)7-5-10-4-6-12(14)11(8-10)9(2)15/h4,6,8H,3,14H2,1-2H3. The van der Waals surface area contributed by atoms with Crippen LogP contribution in [0.2, 0.25) is 0 Å². The molecule has 0 amide bonds. The van der Waals surface area contributed by atoms with Crippen LogP contribution >= 0.6 is 0 Å². The molecule has 0 radical (unpaired) electrons. The predicted octanol–water partition coefficient (Wildman–Crippen LogP) is 1.39. The highest BCUT2D eigenvalue weighted by Crippen LogP contribution is 2.14. The van der Waals surface area contributed by atoms with Crippen molar-refractivity contribution in [2.75, 3.05) is 12.3 Å². The second-order valence-corrected chi connectivity index (χ2v) is 3.33. The molecular formula is C13H13NO3. The molecule has 0 bridgehead atoms. The molecule has 17 heavy (non-hydrogen) atoms. The molecule has 0 spiro atoms. The summed E-state index contributed by atoms with van der Waals surface area (Å²) in [6.45, 7) is 3.42. The quantitative estimate of drug-likeness (QED) is 0.361. The van der Waals surface area contributed by atoms with E-state index in [1.54, 1.807) is 25.1 Å². The van der Waals surface area contributed by atoms with Crippen molar-refractivity contribution in [2.24, 2.45) is 0 Å². The van der Waals surface area contributed by atoms with Gasteiger partial charge in [-0.05, 0) is 32.0 Å². The molecule has 0 saturated carbocycles. The fourth-order valence-electron chi connectivity index (χ4n) is 1.23.